The summed E-state index contributed by atoms with van der Waals surface area (Å²) in [6, 6.07) is 0. The summed E-state index contributed by atoms with van der Waals surface area (Å²) in [6.45, 7) is 6.50. The van der Waals surface area contributed by atoms with Gasteiger partial charge in [-0.3, -0.25) is 14.4 Å². The van der Waals surface area contributed by atoms with E-state index in [-0.39, 0.29) is 31.1 Å². The molecule has 0 aliphatic rings. The third kappa shape index (κ3) is 55.5. The number of allylic oxidation sites excluding steroid dienone is 14. The van der Waals surface area contributed by atoms with Crippen molar-refractivity contribution < 1.29 is 28.6 Å². The molecule has 0 amide bonds. The summed E-state index contributed by atoms with van der Waals surface area (Å²) in [4.78, 5) is 38.0. The van der Waals surface area contributed by atoms with Crippen molar-refractivity contribution in [3.05, 3.63) is 85.1 Å². The Balaban J connectivity index is 4.19. The van der Waals surface area contributed by atoms with Gasteiger partial charge in [-0.2, -0.15) is 0 Å². The zero-order valence-electron chi connectivity index (χ0n) is 46.0. The minimum atomic E-state index is -0.779. The van der Waals surface area contributed by atoms with E-state index in [0.29, 0.717) is 19.3 Å². The maximum atomic E-state index is 12.8. The van der Waals surface area contributed by atoms with Gasteiger partial charge in [0.15, 0.2) is 6.10 Å². The Kier molecular flexibility index (Phi) is 55.3. The van der Waals surface area contributed by atoms with Crippen molar-refractivity contribution in [2.75, 3.05) is 13.2 Å². The number of esters is 3. The van der Waals surface area contributed by atoms with Gasteiger partial charge in [-0.25, -0.2) is 0 Å². The summed E-state index contributed by atoms with van der Waals surface area (Å²) in [6.07, 6.45) is 75.9. The number of hydrogen-bond donors (Lipinski definition) is 0. The largest absolute Gasteiger partial charge is 0.462 e. The van der Waals surface area contributed by atoms with E-state index in [1.54, 1.807) is 0 Å². The predicted octanol–water partition coefficient (Wildman–Crippen LogP) is 19.9. The molecule has 0 spiro atoms. The average molecular weight is 976 g/mol. The minimum Gasteiger partial charge on any atom is -0.462 e. The van der Waals surface area contributed by atoms with Crippen molar-refractivity contribution in [2.45, 2.75) is 290 Å². The molecule has 402 valence electrons. The third-order valence-corrected chi connectivity index (χ3v) is 12.6. The molecule has 0 aromatic heterocycles. The van der Waals surface area contributed by atoms with Crippen molar-refractivity contribution in [1.82, 2.24) is 0 Å². The Hall–Kier alpha value is -3.41. The van der Waals surface area contributed by atoms with Gasteiger partial charge in [-0.05, 0) is 96.3 Å². The Morgan fingerprint density at radius 1 is 0.300 bits per heavy atom. The van der Waals surface area contributed by atoms with Crippen LogP contribution in [0.4, 0.5) is 0 Å². The molecule has 0 rings (SSSR count). The fourth-order valence-corrected chi connectivity index (χ4v) is 8.21. The molecule has 0 bridgehead atoms. The highest BCUT2D eigenvalue weighted by atomic mass is 16.6. The van der Waals surface area contributed by atoms with Gasteiger partial charge in [0.05, 0.1) is 0 Å². The van der Waals surface area contributed by atoms with Gasteiger partial charge in [0.2, 0.25) is 0 Å². The van der Waals surface area contributed by atoms with Crippen LogP contribution < -0.4 is 0 Å². The molecule has 0 heterocycles. The highest BCUT2D eigenvalue weighted by molar-refractivity contribution is 5.71. The van der Waals surface area contributed by atoms with E-state index < -0.39 is 6.10 Å². The molecule has 1 unspecified atom stereocenters. The second kappa shape index (κ2) is 58.2. The van der Waals surface area contributed by atoms with E-state index in [1.807, 2.05) is 0 Å². The Bertz CT molecular complexity index is 1350. The maximum Gasteiger partial charge on any atom is 0.306 e. The van der Waals surface area contributed by atoms with E-state index in [4.69, 9.17) is 14.2 Å². The van der Waals surface area contributed by atoms with Crippen LogP contribution >= 0.6 is 0 Å². The summed E-state index contributed by atoms with van der Waals surface area (Å²) in [7, 11) is 0. The van der Waals surface area contributed by atoms with Crippen LogP contribution in [0.5, 0.6) is 0 Å². The second-order valence-electron chi connectivity index (χ2n) is 19.5. The number of rotatable bonds is 53. The average Bonchev–Trinajstić information content (AvgIpc) is 3.36. The second-order valence-corrected chi connectivity index (χ2v) is 19.5. The van der Waals surface area contributed by atoms with Crippen molar-refractivity contribution >= 4 is 17.9 Å². The molecule has 70 heavy (non-hydrogen) atoms. The van der Waals surface area contributed by atoms with Gasteiger partial charge in [0.1, 0.15) is 13.2 Å². The monoisotopic (exact) mass is 975 g/mol. The van der Waals surface area contributed by atoms with Crippen LogP contribution in [0.25, 0.3) is 0 Å². The zero-order valence-corrected chi connectivity index (χ0v) is 46.0. The fraction of sp³-hybridized carbons (Fsp3) is 0.734. The highest BCUT2D eigenvalue weighted by Gasteiger charge is 2.19. The minimum absolute atomic E-state index is 0.0784. The Labute approximate surface area is 433 Å². The van der Waals surface area contributed by atoms with E-state index in [9.17, 15) is 14.4 Å². The highest BCUT2D eigenvalue weighted by Crippen LogP contribution is 2.15. The molecule has 0 aromatic rings. The lowest BCUT2D eigenvalue weighted by atomic mass is 10.1. The standard InChI is InChI=1S/C64H110O6/c1-4-7-10-13-16-19-21-23-25-26-27-28-29-30-31-32-33-34-35-36-37-38-39-41-42-45-48-51-54-57-63(66)69-60-61(59-68-62(65)56-53-50-47-44-18-15-12-9-6-3)70-64(67)58-55-52-49-46-43-40-24-22-20-17-14-11-8-5-2/h7,10,16,19,22-25,27-28,30-31,33-34,61H,4-6,8-9,11-15,17-18,20-21,26,29,32,35-60H2,1-3H3/b10-7-,19-16-,24-22-,25-23-,28-27-,31-30-,34-33-. The van der Waals surface area contributed by atoms with Crippen LogP contribution in [0.15, 0.2) is 85.1 Å². The molecule has 0 fully saturated rings. The maximum absolute atomic E-state index is 12.8. The van der Waals surface area contributed by atoms with Gasteiger partial charge < -0.3 is 14.2 Å². The van der Waals surface area contributed by atoms with Crippen LogP contribution in [0.3, 0.4) is 0 Å². The predicted molar refractivity (Wildman–Crippen MR) is 302 cm³/mol. The summed E-state index contributed by atoms with van der Waals surface area (Å²) in [5, 5.41) is 0. The molecule has 0 aromatic carbocycles. The van der Waals surface area contributed by atoms with Gasteiger partial charge in [0, 0.05) is 19.3 Å². The lowest BCUT2D eigenvalue weighted by Crippen LogP contribution is -2.30. The van der Waals surface area contributed by atoms with Crippen molar-refractivity contribution in [1.29, 1.82) is 0 Å². The van der Waals surface area contributed by atoms with Crippen molar-refractivity contribution in [2.24, 2.45) is 0 Å². The molecular formula is C64H110O6. The zero-order chi connectivity index (χ0) is 50.7. The SMILES string of the molecule is CC/C=C\C/C=C\C/C=C\C/C=C\C/C=C\C/C=C\CCCCCCCCCCCCC(=O)OCC(COC(=O)CCCCCCCCCCC)OC(=O)CCCCCCC/C=C\CCCCCCC. The number of unbranched alkanes of at least 4 members (excludes halogenated alkanes) is 28. The summed E-state index contributed by atoms with van der Waals surface area (Å²) in [5.74, 6) is -0.888. The van der Waals surface area contributed by atoms with E-state index >= 15 is 0 Å². The first-order valence-electron chi connectivity index (χ1n) is 29.6. The Morgan fingerprint density at radius 3 is 0.886 bits per heavy atom. The number of carbonyl (C=O) groups is 3. The van der Waals surface area contributed by atoms with E-state index in [0.717, 1.165) is 109 Å². The molecule has 0 N–H and O–H groups in total. The molecule has 0 aliphatic heterocycles. The van der Waals surface area contributed by atoms with E-state index in [1.165, 1.54) is 135 Å². The molecule has 6 nitrogen and oxygen atoms in total. The van der Waals surface area contributed by atoms with Crippen LogP contribution in [0.2, 0.25) is 0 Å². The lowest BCUT2D eigenvalue weighted by Gasteiger charge is -2.18. The van der Waals surface area contributed by atoms with Gasteiger partial charge in [-0.15, -0.1) is 0 Å². The molecule has 0 saturated carbocycles. The van der Waals surface area contributed by atoms with Crippen LogP contribution in [-0.4, -0.2) is 37.2 Å². The van der Waals surface area contributed by atoms with Crippen molar-refractivity contribution in [3.8, 4) is 0 Å². The molecule has 1 atom stereocenters. The number of carbonyl (C=O) groups excluding carboxylic acids is 3. The third-order valence-electron chi connectivity index (χ3n) is 12.6. The van der Waals surface area contributed by atoms with E-state index in [2.05, 4.69) is 106 Å². The molecular weight excluding hydrogens is 865 g/mol. The molecule has 0 aliphatic carbocycles. The van der Waals surface area contributed by atoms with Gasteiger partial charge in [-0.1, -0.05) is 254 Å². The number of ether oxygens (including phenoxy) is 3. The van der Waals surface area contributed by atoms with Crippen LogP contribution in [0.1, 0.15) is 284 Å². The smallest absolute Gasteiger partial charge is 0.306 e. The first-order valence-corrected chi connectivity index (χ1v) is 29.6. The molecule has 6 heteroatoms. The van der Waals surface area contributed by atoms with Gasteiger partial charge >= 0.3 is 17.9 Å². The number of hydrogen-bond acceptors (Lipinski definition) is 6. The van der Waals surface area contributed by atoms with Crippen LogP contribution in [-0.2, 0) is 28.6 Å². The first kappa shape index (κ1) is 66.6. The summed E-state index contributed by atoms with van der Waals surface area (Å²) >= 11 is 0. The van der Waals surface area contributed by atoms with Crippen molar-refractivity contribution in [3.63, 3.8) is 0 Å². The Morgan fingerprint density at radius 2 is 0.557 bits per heavy atom. The quantitative estimate of drug-likeness (QED) is 0.0261. The normalized spacial score (nSPS) is 12.7. The van der Waals surface area contributed by atoms with Gasteiger partial charge in [0.25, 0.3) is 0 Å². The molecule has 0 saturated heterocycles. The topological polar surface area (TPSA) is 78.9 Å². The summed E-state index contributed by atoms with van der Waals surface area (Å²) < 4.78 is 16.8. The summed E-state index contributed by atoms with van der Waals surface area (Å²) in [5.41, 5.74) is 0. The lowest BCUT2D eigenvalue weighted by molar-refractivity contribution is -0.167. The fourth-order valence-electron chi connectivity index (χ4n) is 8.21. The molecule has 0 radical (unpaired) electrons. The first-order chi connectivity index (χ1) is 34.5. The van der Waals surface area contributed by atoms with Crippen LogP contribution in [0, 0.1) is 0 Å².